The van der Waals surface area contributed by atoms with Crippen LogP contribution < -0.4 is 4.74 Å². The van der Waals surface area contributed by atoms with E-state index in [-0.39, 0.29) is 11.9 Å². The van der Waals surface area contributed by atoms with Gasteiger partial charge in [-0.1, -0.05) is 17.3 Å². The molecule has 4 rings (SSSR count). The van der Waals surface area contributed by atoms with Gasteiger partial charge in [0, 0.05) is 12.1 Å². The highest BCUT2D eigenvalue weighted by Gasteiger charge is 2.35. The maximum atomic E-state index is 12.6. The van der Waals surface area contributed by atoms with Gasteiger partial charge < -0.3 is 18.6 Å². The lowest BCUT2D eigenvalue weighted by Gasteiger charge is -2.20. The summed E-state index contributed by atoms with van der Waals surface area (Å²) in [7, 11) is 1.61. The lowest BCUT2D eigenvalue weighted by Crippen LogP contribution is -2.30. The third-order valence-corrected chi connectivity index (χ3v) is 4.30. The zero-order valence-electron chi connectivity index (χ0n) is 13.7. The van der Waals surface area contributed by atoms with Crippen LogP contribution in [0.1, 0.15) is 35.3 Å². The number of nitrogens with zero attached hydrogens (tertiary/aromatic N) is 3. The van der Waals surface area contributed by atoms with Crippen LogP contribution in [0.2, 0.25) is 0 Å². The van der Waals surface area contributed by atoms with E-state index in [9.17, 15) is 4.79 Å². The molecular formula is C18H17N3O4. The molecule has 1 atom stereocenters. The smallest absolute Gasteiger partial charge is 0.290 e. The van der Waals surface area contributed by atoms with Gasteiger partial charge in [0.25, 0.3) is 5.91 Å². The monoisotopic (exact) mass is 339 g/mol. The Balaban J connectivity index is 1.59. The normalized spacial score (nSPS) is 17.0. The van der Waals surface area contributed by atoms with E-state index < -0.39 is 0 Å². The van der Waals surface area contributed by atoms with Crippen LogP contribution >= 0.6 is 0 Å². The minimum atomic E-state index is -0.232. The highest BCUT2D eigenvalue weighted by atomic mass is 16.5. The minimum absolute atomic E-state index is 0.159. The van der Waals surface area contributed by atoms with Crippen LogP contribution in [-0.2, 0) is 0 Å². The van der Waals surface area contributed by atoms with Crippen molar-refractivity contribution in [2.45, 2.75) is 18.9 Å². The second-order valence-corrected chi connectivity index (χ2v) is 5.82. The summed E-state index contributed by atoms with van der Waals surface area (Å²) in [5.41, 5.74) is 0.802. The van der Waals surface area contributed by atoms with E-state index in [1.165, 1.54) is 6.26 Å². The van der Waals surface area contributed by atoms with Crippen molar-refractivity contribution in [1.29, 1.82) is 0 Å². The Morgan fingerprint density at radius 2 is 2.24 bits per heavy atom. The van der Waals surface area contributed by atoms with Gasteiger partial charge in [-0.2, -0.15) is 4.98 Å². The molecule has 1 aromatic carbocycles. The molecule has 0 spiro atoms. The molecule has 7 nitrogen and oxygen atoms in total. The Morgan fingerprint density at radius 1 is 1.32 bits per heavy atom. The van der Waals surface area contributed by atoms with Crippen molar-refractivity contribution in [3.63, 3.8) is 0 Å². The fraction of sp³-hybridized carbons (Fsp3) is 0.278. The average molecular weight is 339 g/mol. The summed E-state index contributed by atoms with van der Waals surface area (Å²) in [6.07, 6.45) is 3.16. The molecule has 0 radical (unpaired) electrons. The van der Waals surface area contributed by atoms with Crippen LogP contribution in [-0.4, -0.2) is 34.6 Å². The van der Waals surface area contributed by atoms with E-state index in [1.807, 2.05) is 24.3 Å². The van der Waals surface area contributed by atoms with Gasteiger partial charge >= 0.3 is 0 Å². The van der Waals surface area contributed by atoms with Crippen molar-refractivity contribution in [2.24, 2.45) is 0 Å². The van der Waals surface area contributed by atoms with Gasteiger partial charge in [0.05, 0.1) is 13.4 Å². The lowest BCUT2D eigenvalue weighted by atomic mass is 10.2. The number of aromatic nitrogens is 2. The van der Waals surface area contributed by atoms with E-state index in [4.69, 9.17) is 13.7 Å². The number of hydrogen-bond donors (Lipinski definition) is 0. The standard InChI is InChI=1S/C18H17N3O4/c1-23-13-6-2-5-12(11-13)16-19-17(25-20-16)14-7-3-9-21(14)18(22)15-8-4-10-24-15/h2,4-6,8,10-11,14H,3,7,9H2,1H3. The van der Waals surface area contributed by atoms with Crippen molar-refractivity contribution < 1.29 is 18.5 Å². The van der Waals surface area contributed by atoms with Crippen LogP contribution in [0.4, 0.5) is 0 Å². The molecule has 2 aromatic heterocycles. The topological polar surface area (TPSA) is 81.6 Å². The first kappa shape index (κ1) is 15.4. The maximum Gasteiger partial charge on any atom is 0.290 e. The number of carbonyl (C=O) groups excluding carboxylic acids is 1. The summed E-state index contributed by atoms with van der Waals surface area (Å²) in [4.78, 5) is 18.8. The Morgan fingerprint density at radius 3 is 3.04 bits per heavy atom. The first-order valence-corrected chi connectivity index (χ1v) is 8.09. The molecule has 3 heterocycles. The summed E-state index contributed by atoms with van der Waals surface area (Å²) in [6, 6.07) is 10.6. The van der Waals surface area contributed by atoms with E-state index in [0.29, 0.717) is 24.0 Å². The first-order chi connectivity index (χ1) is 12.3. The number of carbonyl (C=O) groups is 1. The Hall–Kier alpha value is -3.09. The second-order valence-electron chi connectivity index (χ2n) is 5.82. The molecule has 0 saturated carbocycles. The number of furan rings is 1. The van der Waals surface area contributed by atoms with Crippen molar-refractivity contribution in [1.82, 2.24) is 15.0 Å². The van der Waals surface area contributed by atoms with Crippen LogP contribution in [0.3, 0.4) is 0 Å². The zero-order valence-corrected chi connectivity index (χ0v) is 13.7. The molecule has 1 amide bonds. The third kappa shape index (κ3) is 2.88. The number of benzene rings is 1. The van der Waals surface area contributed by atoms with Crippen LogP contribution in [0.5, 0.6) is 5.75 Å². The summed E-state index contributed by atoms with van der Waals surface area (Å²) in [6.45, 7) is 0.640. The largest absolute Gasteiger partial charge is 0.497 e. The molecular weight excluding hydrogens is 322 g/mol. The Bertz CT molecular complexity index is 872. The van der Waals surface area contributed by atoms with Crippen LogP contribution in [0, 0.1) is 0 Å². The molecule has 1 saturated heterocycles. The summed E-state index contributed by atoms with van der Waals surface area (Å²) in [5.74, 6) is 1.80. The minimum Gasteiger partial charge on any atom is -0.497 e. The van der Waals surface area contributed by atoms with E-state index in [1.54, 1.807) is 24.1 Å². The predicted molar refractivity (Wildman–Crippen MR) is 88.0 cm³/mol. The summed E-state index contributed by atoms with van der Waals surface area (Å²) >= 11 is 0. The van der Waals surface area contributed by atoms with Crippen molar-refractivity contribution in [3.05, 3.63) is 54.3 Å². The zero-order chi connectivity index (χ0) is 17.2. The fourth-order valence-corrected chi connectivity index (χ4v) is 3.06. The number of ether oxygens (including phenoxy) is 1. The predicted octanol–water partition coefficient (Wildman–Crippen LogP) is 3.32. The molecule has 0 bridgehead atoms. The number of methoxy groups -OCH3 is 1. The number of likely N-dealkylation sites (tertiary alicyclic amines) is 1. The summed E-state index contributed by atoms with van der Waals surface area (Å²) in [5, 5.41) is 4.06. The van der Waals surface area contributed by atoms with Gasteiger partial charge in [0.2, 0.25) is 11.7 Å². The number of hydrogen-bond acceptors (Lipinski definition) is 6. The number of rotatable bonds is 4. The molecule has 1 aliphatic rings. The molecule has 7 heteroatoms. The van der Waals surface area contributed by atoms with Gasteiger partial charge in [0.1, 0.15) is 11.8 Å². The summed E-state index contributed by atoms with van der Waals surface area (Å²) < 4.78 is 15.9. The quantitative estimate of drug-likeness (QED) is 0.725. The molecule has 0 aliphatic carbocycles. The van der Waals surface area contributed by atoms with Gasteiger partial charge in [0.15, 0.2) is 5.76 Å². The lowest BCUT2D eigenvalue weighted by molar-refractivity contribution is 0.0678. The van der Waals surface area contributed by atoms with E-state index in [0.717, 1.165) is 24.2 Å². The average Bonchev–Trinajstić information content (AvgIpc) is 3.41. The van der Waals surface area contributed by atoms with Crippen molar-refractivity contribution in [3.8, 4) is 17.1 Å². The SMILES string of the molecule is COc1cccc(-c2noc(C3CCCN3C(=O)c3ccco3)n2)c1. The van der Waals surface area contributed by atoms with Crippen LogP contribution in [0.25, 0.3) is 11.4 Å². The van der Waals surface area contributed by atoms with Crippen LogP contribution in [0.15, 0.2) is 51.6 Å². The van der Waals surface area contributed by atoms with E-state index >= 15 is 0 Å². The highest BCUT2D eigenvalue weighted by Crippen LogP contribution is 2.33. The molecule has 1 aliphatic heterocycles. The second kappa shape index (κ2) is 6.43. The molecule has 25 heavy (non-hydrogen) atoms. The van der Waals surface area contributed by atoms with Crippen molar-refractivity contribution in [2.75, 3.05) is 13.7 Å². The Labute approximate surface area is 144 Å². The number of amides is 1. The highest BCUT2D eigenvalue weighted by molar-refractivity contribution is 5.91. The third-order valence-electron chi connectivity index (χ3n) is 4.30. The maximum absolute atomic E-state index is 12.6. The van der Waals surface area contributed by atoms with Gasteiger partial charge in [-0.05, 0) is 37.1 Å². The van der Waals surface area contributed by atoms with E-state index in [2.05, 4.69) is 10.1 Å². The first-order valence-electron chi connectivity index (χ1n) is 8.09. The molecule has 3 aromatic rings. The Kier molecular flexibility index (Phi) is 3.97. The van der Waals surface area contributed by atoms with Gasteiger partial charge in [-0.3, -0.25) is 4.79 Å². The fourth-order valence-electron chi connectivity index (χ4n) is 3.06. The molecule has 0 N–H and O–H groups in total. The molecule has 128 valence electrons. The van der Waals surface area contributed by atoms with Gasteiger partial charge in [-0.25, -0.2) is 0 Å². The molecule has 1 fully saturated rings. The van der Waals surface area contributed by atoms with Gasteiger partial charge in [-0.15, -0.1) is 0 Å². The van der Waals surface area contributed by atoms with Crippen molar-refractivity contribution >= 4 is 5.91 Å². The molecule has 1 unspecified atom stereocenters.